The Labute approximate surface area is 147 Å². The van der Waals surface area contributed by atoms with Crippen LogP contribution in [0.5, 0.6) is 0 Å². The molecule has 2 N–H and O–H groups in total. The van der Waals surface area contributed by atoms with Crippen molar-refractivity contribution in [3.05, 3.63) is 15.6 Å². The van der Waals surface area contributed by atoms with E-state index in [1.165, 1.54) is 10.6 Å². The molecule has 4 nitrogen and oxygen atoms in total. The average Bonchev–Trinajstić information content (AvgIpc) is 2.70. The molecule has 116 valence electrons. The molecule has 0 atom stereocenters. The Morgan fingerprint density at radius 3 is 2.65 bits per heavy atom. The third kappa shape index (κ3) is 7.68. The van der Waals surface area contributed by atoms with Gasteiger partial charge in [-0.2, -0.15) is 11.8 Å². The second kappa shape index (κ2) is 11.6. The molecule has 20 heavy (non-hydrogen) atoms. The Hall–Kier alpha value is -0.0200. The van der Waals surface area contributed by atoms with Crippen LogP contribution in [0.15, 0.2) is 4.99 Å². The van der Waals surface area contributed by atoms with E-state index >= 15 is 0 Å². The first-order valence-corrected chi connectivity index (χ1v) is 8.82. The van der Waals surface area contributed by atoms with Gasteiger partial charge in [0.1, 0.15) is 0 Å². The van der Waals surface area contributed by atoms with Gasteiger partial charge in [0.05, 0.1) is 17.2 Å². The van der Waals surface area contributed by atoms with Gasteiger partial charge in [-0.15, -0.1) is 35.3 Å². The largest absolute Gasteiger partial charge is 0.357 e. The molecule has 1 aromatic heterocycles. The smallest absolute Gasteiger partial charge is 0.191 e. The predicted octanol–water partition coefficient (Wildman–Crippen LogP) is 3.19. The molecule has 0 aromatic carbocycles. The number of hydrogen-bond donors (Lipinski definition) is 2. The van der Waals surface area contributed by atoms with Gasteiger partial charge >= 0.3 is 0 Å². The van der Waals surface area contributed by atoms with Crippen molar-refractivity contribution in [2.45, 2.75) is 33.7 Å². The van der Waals surface area contributed by atoms with Crippen LogP contribution in [0.3, 0.4) is 0 Å². The van der Waals surface area contributed by atoms with E-state index in [0.29, 0.717) is 6.54 Å². The summed E-state index contributed by atoms with van der Waals surface area (Å²) in [6, 6.07) is 0. The predicted molar refractivity (Wildman–Crippen MR) is 103 cm³/mol. The Balaban J connectivity index is 0.00000361. The molecular formula is C13H25IN4S2. The molecule has 0 saturated heterocycles. The van der Waals surface area contributed by atoms with E-state index in [9.17, 15) is 0 Å². The summed E-state index contributed by atoms with van der Waals surface area (Å²) < 4.78 is 0. The fourth-order valence-corrected chi connectivity index (χ4v) is 2.93. The first-order chi connectivity index (χ1) is 9.17. The van der Waals surface area contributed by atoms with Gasteiger partial charge in [-0.05, 0) is 39.2 Å². The van der Waals surface area contributed by atoms with E-state index < -0.39 is 0 Å². The minimum Gasteiger partial charge on any atom is -0.357 e. The van der Waals surface area contributed by atoms with Crippen LogP contribution in [0.25, 0.3) is 0 Å². The van der Waals surface area contributed by atoms with Crippen molar-refractivity contribution in [1.29, 1.82) is 0 Å². The average molecular weight is 428 g/mol. The van der Waals surface area contributed by atoms with Crippen LogP contribution in [0, 0.1) is 13.8 Å². The van der Waals surface area contributed by atoms with Crippen LogP contribution < -0.4 is 10.6 Å². The van der Waals surface area contributed by atoms with E-state index in [-0.39, 0.29) is 24.0 Å². The molecule has 0 saturated carbocycles. The van der Waals surface area contributed by atoms with Crippen LogP contribution in [-0.2, 0) is 6.54 Å². The summed E-state index contributed by atoms with van der Waals surface area (Å²) >= 11 is 3.60. The number of thioether (sulfide) groups is 1. The van der Waals surface area contributed by atoms with Gasteiger partial charge in [0.25, 0.3) is 0 Å². The number of guanidine groups is 1. The molecule has 7 heteroatoms. The molecule has 0 unspecified atom stereocenters. The number of aromatic nitrogens is 1. The van der Waals surface area contributed by atoms with E-state index in [4.69, 9.17) is 0 Å². The van der Waals surface area contributed by atoms with E-state index in [1.807, 2.05) is 25.6 Å². The molecule has 0 radical (unpaired) electrons. The summed E-state index contributed by atoms with van der Waals surface area (Å²) in [5.41, 5.74) is 1.10. The second-order valence-electron chi connectivity index (χ2n) is 4.21. The van der Waals surface area contributed by atoms with Gasteiger partial charge in [-0.1, -0.05) is 0 Å². The quantitative estimate of drug-likeness (QED) is 0.303. The maximum Gasteiger partial charge on any atom is 0.191 e. The highest BCUT2D eigenvalue weighted by Gasteiger charge is 2.04. The molecule has 1 aromatic rings. The van der Waals surface area contributed by atoms with Crippen LogP contribution in [0.1, 0.15) is 28.9 Å². The number of rotatable bonds is 7. The van der Waals surface area contributed by atoms with Crippen molar-refractivity contribution in [2.75, 3.05) is 25.1 Å². The lowest BCUT2D eigenvalue weighted by Crippen LogP contribution is -2.37. The Kier molecular flexibility index (Phi) is 11.6. The summed E-state index contributed by atoms with van der Waals surface area (Å²) in [5.74, 6) is 2.08. The molecule has 1 rings (SSSR count). The first-order valence-electron chi connectivity index (χ1n) is 6.61. The Morgan fingerprint density at radius 1 is 1.35 bits per heavy atom. The lowest BCUT2D eigenvalue weighted by atomic mass is 10.4. The molecule has 1 heterocycles. The minimum atomic E-state index is 0. The zero-order valence-electron chi connectivity index (χ0n) is 12.7. The number of hydrogen-bond acceptors (Lipinski definition) is 4. The van der Waals surface area contributed by atoms with E-state index in [2.05, 4.69) is 33.8 Å². The van der Waals surface area contributed by atoms with E-state index in [1.54, 1.807) is 11.3 Å². The van der Waals surface area contributed by atoms with Crippen molar-refractivity contribution in [3.63, 3.8) is 0 Å². The summed E-state index contributed by atoms with van der Waals surface area (Å²) in [6.07, 6.45) is 3.29. The molecule has 0 bridgehead atoms. The normalized spacial score (nSPS) is 11.1. The van der Waals surface area contributed by atoms with Crippen LogP contribution >= 0.6 is 47.1 Å². The highest BCUT2D eigenvalue weighted by atomic mass is 127. The zero-order chi connectivity index (χ0) is 14.1. The maximum absolute atomic E-state index is 4.61. The highest BCUT2D eigenvalue weighted by molar-refractivity contribution is 14.0. The lowest BCUT2D eigenvalue weighted by Gasteiger charge is -2.10. The van der Waals surface area contributed by atoms with Gasteiger partial charge in [0.15, 0.2) is 5.96 Å². The van der Waals surface area contributed by atoms with Crippen LogP contribution in [0.2, 0.25) is 0 Å². The van der Waals surface area contributed by atoms with Gasteiger partial charge in [-0.25, -0.2) is 9.98 Å². The second-order valence-corrected chi connectivity index (χ2v) is 6.48. The Morgan fingerprint density at radius 2 is 2.10 bits per heavy atom. The van der Waals surface area contributed by atoms with Crippen molar-refractivity contribution < 1.29 is 0 Å². The third-order valence-electron chi connectivity index (χ3n) is 2.54. The number of nitrogens with one attached hydrogen (secondary N) is 2. The molecule has 0 fully saturated rings. The van der Waals surface area contributed by atoms with Crippen molar-refractivity contribution in [2.24, 2.45) is 4.99 Å². The number of thiazole rings is 1. The summed E-state index contributed by atoms with van der Waals surface area (Å²) in [6.45, 7) is 8.72. The molecule has 0 aliphatic heterocycles. The number of aryl methyl sites for hydroxylation is 2. The van der Waals surface area contributed by atoms with Gasteiger partial charge < -0.3 is 10.6 Å². The zero-order valence-corrected chi connectivity index (χ0v) is 16.6. The Bertz CT molecular complexity index is 407. The standard InChI is InChI=1S/C13H24N4S2.HI/c1-5-14-13(15-7-6-8-18-4)16-9-12-10(2)17-11(3)19-12;/h5-9H2,1-4H3,(H2,14,15,16);1H. The first kappa shape index (κ1) is 20.0. The fraction of sp³-hybridized carbons (Fsp3) is 0.692. The molecule has 0 aliphatic rings. The summed E-state index contributed by atoms with van der Waals surface area (Å²) in [4.78, 5) is 10.3. The SMILES string of the molecule is CCNC(=NCc1sc(C)nc1C)NCCCSC.I. The minimum absolute atomic E-state index is 0. The van der Waals surface area contributed by atoms with Crippen molar-refractivity contribution >= 4 is 53.0 Å². The van der Waals surface area contributed by atoms with E-state index in [0.717, 1.165) is 36.2 Å². The lowest BCUT2D eigenvalue weighted by molar-refractivity contribution is 0.790. The monoisotopic (exact) mass is 428 g/mol. The van der Waals surface area contributed by atoms with Crippen LogP contribution in [0.4, 0.5) is 0 Å². The highest BCUT2D eigenvalue weighted by Crippen LogP contribution is 2.17. The topological polar surface area (TPSA) is 49.3 Å². The molecule has 0 spiro atoms. The summed E-state index contributed by atoms with van der Waals surface area (Å²) in [7, 11) is 0. The van der Waals surface area contributed by atoms with Gasteiger partial charge in [0, 0.05) is 18.0 Å². The van der Waals surface area contributed by atoms with Crippen molar-refractivity contribution in [3.8, 4) is 0 Å². The van der Waals surface area contributed by atoms with Crippen LogP contribution in [-0.4, -0.2) is 36.0 Å². The molecule has 0 aliphatic carbocycles. The third-order valence-corrected chi connectivity index (χ3v) is 4.30. The van der Waals surface area contributed by atoms with Gasteiger partial charge in [-0.3, -0.25) is 0 Å². The maximum atomic E-state index is 4.61. The van der Waals surface area contributed by atoms with Gasteiger partial charge in [0.2, 0.25) is 0 Å². The molecule has 0 amide bonds. The molecular weight excluding hydrogens is 403 g/mol. The van der Waals surface area contributed by atoms with Crippen molar-refractivity contribution in [1.82, 2.24) is 15.6 Å². The number of halogens is 1. The fourth-order valence-electron chi connectivity index (χ4n) is 1.64. The summed E-state index contributed by atoms with van der Waals surface area (Å²) in [5, 5.41) is 7.75. The number of aliphatic imine (C=N–C) groups is 1. The number of nitrogens with zero attached hydrogens (tertiary/aromatic N) is 2.